The van der Waals surface area contributed by atoms with E-state index < -0.39 is 56.7 Å². The van der Waals surface area contributed by atoms with Gasteiger partial charge in [-0.15, -0.1) is 0 Å². The molecule has 12 heteroatoms. The molecule has 1 unspecified atom stereocenters. The molecule has 3 aromatic carbocycles. The second kappa shape index (κ2) is 10.6. The summed E-state index contributed by atoms with van der Waals surface area (Å²) in [6.45, 7) is 5.96. The normalized spacial score (nSPS) is 23.6. The quantitative estimate of drug-likeness (QED) is 0.316. The fourth-order valence-corrected chi connectivity index (χ4v) is 7.18. The van der Waals surface area contributed by atoms with Crippen molar-refractivity contribution in [2.24, 2.45) is 5.41 Å². The van der Waals surface area contributed by atoms with Crippen molar-refractivity contribution in [3.05, 3.63) is 87.4 Å². The maximum atomic E-state index is 15.8. The number of hydrogen-bond donors (Lipinski definition) is 3. The van der Waals surface area contributed by atoms with Crippen LogP contribution in [0.4, 0.5) is 20.2 Å². The molecule has 0 radical (unpaired) electrons. The van der Waals surface area contributed by atoms with Crippen LogP contribution in [0.2, 0.25) is 10.0 Å². The first-order chi connectivity index (χ1) is 19.5. The predicted octanol–water partition coefficient (Wildman–Crippen LogP) is 6.06. The monoisotopic (exact) mass is 635 g/mol. The van der Waals surface area contributed by atoms with E-state index in [1.807, 2.05) is 20.8 Å². The molecule has 0 bridgehead atoms. The molecule has 1 spiro atoms. The van der Waals surface area contributed by atoms with Crippen molar-refractivity contribution in [2.45, 2.75) is 55.5 Å². The lowest BCUT2D eigenvalue weighted by atomic mass is 9.62. The summed E-state index contributed by atoms with van der Waals surface area (Å²) in [7, 11) is -3.69. The van der Waals surface area contributed by atoms with Crippen molar-refractivity contribution < 1.29 is 26.8 Å². The van der Waals surface area contributed by atoms with Crippen LogP contribution in [0.1, 0.15) is 44.2 Å². The summed E-state index contributed by atoms with van der Waals surface area (Å²) in [5, 5.41) is 8.92. The van der Waals surface area contributed by atoms with Crippen molar-refractivity contribution in [1.29, 1.82) is 0 Å². The molecular formula is C30H29Cl2F2N3O4S. The molecule has 3 aromatic rings. The molecular weight excluding hydrogens is 607 g/mol. The highest BCUT2D eigenvalue weighted by atomic mass is 35.5. The van der Waals surface area contributed by atoms with E-state index >= 15 is 8.78 Å². The van der Waals surface area contributed by atoms with Crippen molar-refractivity contribution in [3.63, 3.8) is 0 Å². The second-order valence-electron chi connectivity index (χ2n) is 12.0. The van der Waals surface area contributed by atoms with E-state index in [1.54, 1.807) is 24.3 Å². The van der Waals surface area contributed by atoms with Gasteiger partial charge in [-0.2, -0.15) is 0 Å². The van der Waals surface area contributed by atoms with Gasteiger partial charge in [0.1, 0.15) is 17.0 Å². The van der Waals surface area contributed by atoms with Crippen LogP contribution in [0.5, 0.6) is 0 Å². The molecule has 2 aliphatic rings. The minimum absolute atomic E-state index is 0.0393. The summed E-state index contributed by atoms with van der Waals surface area (Å²) < 4.78 is 54.6. The Morgan fingerprint density at radius 2 is 1.79 bits per heavy atom. The molecule has 1 fully saturated rings. The maximum absolute atomic E-state index is 15.8. The van der Waals surface area contributed by atoms with Gasteiger partial charge in [0.2, 0.25) is 11.8 Å². The van der Waals surface area contributed by atoms with Gasteiger partial charge >= 0.3 is 0 Å². The summed E-state index contributed by atoms with van der Waals surface area (Å²) in [6, 6.07) is 10.6. The Morgan fingerprint density at radius 3 is 2.43 bits per heavy atom. The standard InChI is InChI=1S/C30H29Cl2F2N3O4S/c1-29(2,3)14-23-30(18-10-8-15(31)12-22(18)36-28(30)39)24(17-6-5-7-19(32)25(17)34)26(37-23)27(38)35-21-11-9-16(13-20(21)33)42(4,40)41/h5-13,23-24,26,37H,14H2,1-4H3,(H,35,38)(H,36,39)/t23-,24+,26+,30?/m0/s1. The molecule has 2 aliphatic heterocycles. The first-order valence-corrected chi connectivity index (χ1v) is 15.8. The summed E-state index contributed by atoms with van der Waals surface area (Å²) in [5.74, 6) is -4.04. The number of carbonyl (C=O) groups excluding carboxylic acids is 2. The van der Waals surface area contributed by atoms with Gasteiger partial charge in [0.05, 0.1) is 21.6 Å². The van der Waals surface area contributed by atoms with Crippen LogP contribution in [-0.2, 0) is 24.8 Å². The van der Waals surface area contributed by atoms with E-state index in [1.165, 1.54) is 18.2 Å². The zero-order valence-electron chi connectivity index (χ0n) is 23.2. The average Bonchev–Trinajstić information content (AvgIpc) is 3.35. The van der Waals surface area contributed by atoms with Crippen LogP contribution in [-0.4, -0.2) is 38.6 Å². The molecule has 2 heterocycles. The summed E-state index contributed by atoms with van der Waals surface area (Å²) >= 11 is 12.5. The summed E-state index contributed by atoms with van der Waals surface area (Å²) in [6.07, 6.45) is 1.35. The number of amides is 2. The zero-order chi connectivity index (χ0) is 30.8. The third-order valence-electron chi connectivity index (χ3n) is 7.85. The van der Waals surface area contributed by atoms with Crippen LogP contribution in [0.15, 0.2) is 59.5 Å². The summed E-state index contributed by atoms with van der Waals surface area (Å²) in [5.41, 5.74) is -1.05. The number of nitrogens with one attached hydrogen (secondary N) is 3. The van der Waals surface area contributed by atoms with E-state index in [-0.39, 0.29) is 26.6 Å². The van der Waals surface area contributed by atoms with Gasteiger partial charge < -0.3 is 16.0 Å². The lowest BCUT2D eigenvalue weighted by Gasteiger charge is -2.37. The van der Waals surface area contributed by atoms with E-state index in [2.05, 4.69) is 16.0 Å². The molecule has 0 aromatic heterocycles. The van der Waals surface area contributed by atoms with Gasteiger partial charge in [-0.05, 0) is 59.4 Å². The van der Waals surface area contributed by atoms with Crippen LogP contribution in [0.3, 0.4) is 0 Å². The SMILES string of the molecule is CC(C)(C)C[C@@H]1N[C@@H](C(=O)Nc2ccc(S(C)(=O)=O)cc2F)[C@@H](c2cccc(Cl)c2F)C12C(=O)Nc1cc(Cl)ccc12. The number of anilines is 2. The van der Waals surface area contributed by atoms with Crippen LogP contribution >= 0.6 is 23.2 Å². The zero-order valence-corrected chi connectivity index (χ0v) is 25.5. The first-order valence-electron chi connectivity index (χ1n) is 13.2. The van der Waals surface area contributed by atoms with Crippen LogP contribution < -0.4 is 16.0 Å². The summed E-state index contributed by atoms with van der Waals surface area (Å²) in [4.78, 5) is 27.9. The lowest BCUT2D eigenvalue weighted by molar-refractivity contribution is -0.122. The van der Waals surface area contributed by atoms with Gasteiger partial charge in [0, 0.05) is 28.9 Å². The number of halogens is 4. The molecule has 42 heavy (non-hydrogen) atoms. The van der Waals surface area contributed by atoms with Gasteiger partial charge in [0.25, 0.3) is 0 Å². The number of hydrogen-bond acceptors (Lipinski definition) is 5. The molecule has 0 aliphatic carbocycles. The molecule has 7 nitrogen and oxygen atoms in total. The van der Waals surface area contributed by atoms with Crippen molar-refractivity contribution in [1.82, 2.24) is 5.32 Å². The molecule has 2 amide bonds. The Kier molecular flexibility index (Phi) is 7.67. The van der Waals surface area contributed by atoms with Gasteiger partial charge in [-0.25, -0.2) is 17.2 Å². The fourth-order valence-electron chi connectivity index (χ4n) is 6.19. The topological polar surface area (TPSA) is 104 Å². The number of fused-ring (bicyclic) bond motifs is 2. The highest BCUT2D eigenvalue weighted by molar-refractivity contribution is 7.90. The number of carbonyl (C=O) groups is 2. The number of sulfone groups is 1. The highest BCUT2D eigenvalue weighted by Gasteiger charge is 2.66. The third kappa shape index (κ3) is 5.19. The molecule has 1 saturated heterocycles. The van der Waals surface area contributed by atoms with E-state index in [0.29, 0.717) is 22.7 Å². The Labute approximate surface area is 252 Å². The fraction of sp³-hybridized carbons (Fsp3) is 0.333. The largest absolute Gasteiger partial charge is 0.325 e. The minimum Gasteiger partial charge on any atom is -0.325 e. The average molecular weight is 637 g/mol. The Balaban J connectivity index is 1.69. The Morgan fingerprint density at radius 1 is 1.07 bits per heavy atom. The number of rotatable bonds is 5. The second-order valence-corrected chi connectivity index (χ2v) is 14.9. The van der Waals surface area contributed by atoms with Gasteiger partial charge in [0.15, 0.2) is 9.84 Å². The number of benzene rings is 3. The smallest absolute Gasteiger partial charge is 0.242 e. The van der Waals surface area contributed by atoms with E-state index in [4.69, 9.17) is 23.2 Å². The van der Waals surface area contributed by atoms with Crippen molar-refractivity contribution in [3.8, 4) is 0 Å². The Hall–Kier alpha value is -3.05. The van der Waals surface area contributed by atoms with Crippen molar-refractivity contribution >= 4 is 56.2 Å². The Bertz CT molecular complexity index is 1730. The van der Waals surface area contributed by atoms with Crippen LogP contribution in [0, 0.1) is 17.0 Å². The maximum Gasteiger partial charge on any atom is 0.242 e. The van der Waals surface area contributed by atoms with Gasteiger partial charge in [-0.1, -0.05) is 62.2 Å². The lowest BCUT2D eigenvalue weighted by Crippen LogP contribution is -2.49. The minimum atomic E-state index is -3.69. The molecule has 5 rings (SSSR count). The molecule has 0 saturated carbocycles. The third-order valence-corrected chi connectivity index (χ3v) is 9.48. The van der Waals surface area contributed by atoms with E-state index in [0.717, 1.165) is 18.4 Å². The van der Waals surface area contributed by atoms with E-state index in [9.17, 15) is 18.0 Å². The van der Waals surface area contributed by atoms with Crippen LogP contribution in [0.25, 0.3) is 0 Å². The van der Waals surface area contributed by atoms with Crippen molar-refractivity contribution in [2.75, 3.05) is 16.9 Å². The first kappa shape index (κ1) is 30.4. The predicted molar refractivity (Wildman–Crippen MR) is 159 cm³/mol. The molecule has 4 atom stereocenters. The molecule has 222 valence electrons. The molecule has 3 N–H and O–H groups in total. The highest BCUT2D eigenvalue weighted by Crippen LogP contribution is 2.57. The van der Waals surface area contributed by atoms with Gasteiger partial charge in [-0.3, -0.25) is 9.59 Å².